The minimum atomic E-state index is -0.972. The number of fused-ring (bicyclic) bond motifs is 1. The zero-order chi connectivity index (χ0) is 11.9. The Labute approximate surface area is 104 Å². The molecule has 1 aromatic heterocycles. The van der Waals surface area contributed by atoms with Crippen molar-refractivity contribution in [3.05, 3.63) is 47.2 Å². The van der Waals surface area contributed by atoms with Crippen LogP contribution in [0.1, 0.15) is 25.0 Å². The average Bonchev–Trinajstić information content (AvgIpc) is 2.76. The summed E-state index contributed by atoms with van der Waals surface area (Å²) in [5.41, 5.74) is -0.322. The van der Waals surface area contributed by atoms with Crippen molar-refractivity contribution in [1.29, 1.82) is 0 Å². The van der Waals surface area contributed by atoms with Gasteiger partial charge in [0.1, 0.15) is 11.4 Å². The zero-order valence-corrected chi connectivity index (χ0v) is 10.1. The van der Waals surface area contributed by atoms with Gasteiger partial charge in [-0.25, -0.2) is 0 Å². The first-order chi connectivity index (χ1) is 8.19. The van der Waals surface area contributed by atoms with Crippen LogP contribution in [0, 0.1) is 0 Å². The van der Waals surface area contributed by atoms with Crippen LogP contribution in [-0.4, -0.2) is 5.11 Å². The minimum absolute atomic E-state index is 0.580. The molecular formula is C14H13ClO2. The molecule has 1 aliphatic carbocycles. The lowest BCUT2D eigenvalue weighted by Gasteiger charge is -2.24. The van der Waals surface area contributed by atoms with Gasteiger partial charge in [-0.2, -0.15) is 0 Å². The Morgan fingerprint density at radius 1 is 1.35 bits per heavy atom. The number of benzene rings is 1. The van der Waals surface area contributed by atoms with Gasteiger partial charge >= 0.3 is 0 Å². The molecule has 1 aliphatic rings. The Kier molecular flexibility index (Phi) is 2.49. The Hall–Kier alpha value is -1.25. The van der Waals surface area contributed by atoms with Crippen LogP contribution in [0.5, 0.6) is 0 Å². The first kappa shape index (κ1) is 10.9. The van der Waals surface area contributed by atoms with E-state index in [1.165, 1.54) is 0 Å². The molecule has 0 radical (unpaired) electrons. The molecular weight excluding hydrogens is 236 g/mol. The fraction of sp³-hybridized carbons (Fsp3) is 0.286. The summed E-state index contributed by atoms with van der Waals surface area (Å²) in [6, 6.07) is 7.48. The van der Waals surface area contributed by atoms with Crippen molar-refractivity contribution in [3.63, 3.8) is 0 Å². The maximum atomic E-state index is 10.5. The molecule has 88 valence electrons. The van der Waals surface area contributed by atoms with Crippen molar-refractivity contribution in [1.82, 2.24) is 0 Å². The standard InChI is InChI=1S/C14H13ClO2/c15-11-6-4-5-10-9-12(17-13(10)11)14(16)7-2-1-3-8-14/h2,4-7,9,16H,1,3,8H2. The molecule has 0 saturated heterocycles. The van der Waals surface area contributed by atoms with Gasteiger partial charge in [0.2, 0.25) is 0 Å². The molecule has 0 saturated carbocycles. The maximum Gasteiger partial charge on any atom is 0.153 e. The van der Waals surface area contributed by atoms with E-state index in [0.29, 0.717) is 22.8 Å². The number of allylic oxidation sites excluding steroid dienone is 1. The highest BCUT2D eigenvalue weighted by Gasteiger charge is 2.31. The van der Waals surface area contributed by atoms with Gasteiger partial charge in [-0.15, -0.1) is 0 Å². The van der Waals surface area contributed by atoms with Crippen molar-refractivity contribution >= 4 is 22.6 Å². The average molecular weight is 249 g/mol. The molecule has 1 heterocycles. The molecule has 2 nitrogen and oxygen atoms in total. The summed E-state index contributed by atoms with van der Waals surface area (Å²) < 4.78 is 5.71. The van der Waals surface area contributed by atoms with Gasteiger partial charge in [-0.3, -0.25) is 0 Å². The molecule has 0 bridgehead atoms. The van der Waals surface area contributed by atoms with Crippen LogP contribution >= 0.6 is 11.6 Å². The van der Waals surface area contributed by atoms with Gasteiger partial charge < -0.3 is 9.52 Å². The van der Waals surface area contributed by atoms with Gasteiger partial charge in [0.05, 0.1) is 5.02 Å². The largest absolute Gasteiger partial charge is 0.456 e. The molecule has 1 atom stereocenters. The van der Waals surface area contributed by atoms with Crippen LogP contribution in [0.25, 0.3) is 11.0 Å². The first-order valence-electron chi connectivity index (χ1n) is 5.78. The Morgan fingerprint density at radius 3 is 2.94 bits per heavy atom. The van der Waals surface area contributed by atoms with Crippen LogP contribution in [0.4, 0.5) is 0 Å². The fourth-order valence-electron chi connectivity index (χ4n) is 2.30. The third-order valence-electron chi connectivity index (χ3n) is 3.25. The maximum absolute atomic E-state index is 10.5. The van der Waals surface area contributed by atoms with E-state index in [2.05, 4.69) is 0 Å². The highest BCUT2D eigenvalue weighted by molar-refractivity contribution is 6.34. The summed E-state index contributed by atoms with van der Waals surface area (Å²) in [4.78, 5) is 0. The summed E-state index contributed by atoms with van der Waals surface area (Å²) in [5, 5.41) is 12.0. The van der Waals surface area contributed by atoms with Crippen LogP contribution < -0.4 is 0 Å². The highest BCUT2D eigenvalue weighted by Crippen LogP contribution is 2.37. The lowest BCUT2D eigenvalue weighted by Crippen LogP contribution is -2.23. The van der Waals surface area contributed by atoms with E-state index in [1.807, 2.05) is 30.4 Å². The molecule has 1 aromatic carbocycles. The number of hydrogen-bond acceptors (Lipinski definition) is 2. The first-order valence-corrected chi connectivity index (χ1v) is 6.15. The van der Waals surface area contributed by atoms with Crippen LogP contribution in [0.15, 0.2) is 40.8 Å². The van der Waals surface area contributed by atoms with Crippen molar-refractivity contribution in [3.8, 4) is 0 Å². The zero-order valence-electron chi connectivity index (χ0n) is 9.32. The second kappa shape index (κ2) is 3.90. The Bertz CT molecular complexity index is 585. The van der Waals surface area contributed by atoms with Gasteiger partial charge in [0.15, 0.2) is 5.58 Å². The van der Waals surface area contributed by atoms with E-state index in [9.17, 15) is 5.11 Å². The number of furan rings is 1. The highest BCUT2D eigenvalue weighted by atomic mass is 35.5. The second-order valence-corrected chi connectivity index (χ2v) is 4.89. The normalized spacial score (nSPS) is 24.4. The SMILES string of the molecule is OC1(c2cc3cccc(Cl)c3o2)C=CCCC1. The quantitative estimate of drug-likeness (QED) is 0.774. The molecule has 0 fully saturated rings. The van der Waals surface area contributed by atoms with E-state index in [4.69, 9.17) is 16.0 Å². The topological polar surface area (TPSA) is 33.4 Å². The summed E-state index contributed by atoms with van der Waals surface area (Å²) in [7, 11) is 0. The summed E-state index contributed by atoms with van der Waals surface area (Å²) in [6.45, 7) is 0. The van der Waals surface area contributed by atoms with E-state index >= 15 is 0 Å². The number of para-hydroxylation sites is 1. The van der Waals surface area contributed by atoms with Crippen molar-refractivity contribution in [2.45, 2.75) is 24.9 Å². The van der Waals surface area contributed by atoms with E-state index < -0.39 is 5.60 Å². The number of rotatable bonds is 1. The molecule has 3 rings (SSSR count). The molecule has 3 heteroatoms. The molecule has 2 aromatic rings. The van der Waals surface area contributed by atoms with Crippen LogP contribution in [0.3, 0.4) is 0 Å². The van der Waals surface area contributed by atoms with Crippen molar-refractivity contribution in [2.24, 2.45) is 0 Å². The molecule has 17 heavy (non-hydrogen) atoms. The second-order valence-electron chi connectivity index (χ2n) is 4.49. The molecule has 0 spiro atoms. The smallest absolute Gasteiger partial charge is 0.153 e. The third-order valence-corrected chi connectivity index (χ3v) is 3.54. The predicted octanol–water partition coefficient (Wildman–Crippen LogP) is 4.01. The van der Waals surface area contributed by atoms with Crippen LogP contribution in [0.2, 0.25) is 5.02 Å². The Balaban J connectivity index is 2.15. The predicted molar refractivity (Wildman–Crippen MR) is 68.1 cm³/mol. The van der Waals surface area contributed by atoms with Gasteiger partial charge in [-0.05, 0) is 37.5 Å². The van der Waals surface area contributed by atoms with Crippen molar-refractivity contribution in [2.75, 3.05) is 0 Å². The molecule has 0 amide bonds. The molecule has 1 N–H and O–H groups in total. The number of aliphatic hydroxyl groups is 1. The molecule has 1 unspecified atom stereocenters. The van der Waals surface area contributed by atoms with Gasteiger partial charge in [0, 0.05) is 5.39 Å². The van der Waals surface area contributed by atoms with E-state index in [0.717, 1.165) is 18.2 Å². The lowest BCUT2D eigenvalue weighted by molar-refractivity contribution is 0.0511. The van der Waals surface area contributed by atoms with Crippen LogP contribution in [-0.2, 0) is 5.60 Å². The Morgan fingerprint density at radius 2 is 2.24 bits per heavy atom. The fourth-order valence-corrected chi connectivity index (χ4v) is 2.52. The monoisotopic (exact) mass is 248 g/mol. The van der Waals surface area contributed by atoms with Gasteiger partial charge in [0.25, 0.3) is 0 Å². The summed E-state index contributed by atoms with van der Waals surface area (Å²) in [5.74, 6) is 0.580. The molecule has 0 aliphatic heterocycles. The van der Waals surface area contributed by atoms with Gasteiger partial charge in [-0.1, -0.05) is 29.8 Å². The number of halogens is 1. The lowest BCUT2D eigenvalue weighted by atomic mass is 9.89. The third kappa shape index (κ3) is 1.78. The summed E-state index contributed by atoms with van der Waals surface area (Å²) in [6.07, 6.45) is 6.50. The summed E-state index contributed by atoms with van der Waals surface area (Å²) >= 11 is 6.06. The minimum Gasteiger partial charge on any atom is -0.456 e. The van der Waals surface area contributed by atoms with E-state index in [-0.39, 0.29) is 0 Å². The van der Waals surface area contributed by atoms with E-state index in [1.54, 1.807) is 6.07 Å². The number of hydrogen-bond donors (Lipinski definition) is 1. The van der Waals surface area contributed by atoms with Crippen molar-refractivity contribution < 1.29 is 9.52 Å².